The summed E-state index contributed by atoms with van der Waals surface area (Å²) in [6, 6.07) is 11.5. The number of fused-ring (bicyclic) bond motifs is 1. The lowest BCUT2D eigenvalue weighted by Crippen LogP contribution is -2.37. The summed E-state index contributed by atoms with van der Waals surface area (Å²) < 4.78 is 16.1. The number of furan rings is 1. The van der Waals surface area contributed by atoms with Crippen molar-refractivity contribution in [1.29, 1.82) is 0 Å². The quantitative estimate of drug-likeness (QED) is 0.242. The number of amides is 1. The number of anilines is 1. The van der Waals surface area contributed by atoms with Gasteiger partial charge in [-0.1, -0.05) is 18.2 Å². The second-order valence-corrected chi connectivity index (χ2v) is 6.02. The molecule has 0 saturated carbocycles. The number of hydrogen-bond donors (Lipinski definition) is 1. The Balaban J connectivity index is 2.15. The lowest BCUT2D eigenvalue weighted by Gasteiger charge is -2.15. The molecule has 0 saturated heterocycles. The molecule has 8 heteroatoms. The Bertz CT molecular complexity index is 1070. The first-order chi connectivity index (χ1) is 13.3. The van der Waals surface area contributed by atoms with Crippen LogP contribution in [0.25, 0.3) is 11.0 Å². The molecule has 3 rings (SSSR count). The molecule has 1 aromatic heterocycles. The van der Waals surface area contributed by atoms with Crippen LogP contribution in [0.5, 0.6) is 11.5 Å². The highest BCUT2D eigenvalue weighted by atomic mass is 16.5. The van der Waals surface area contributed by atoms with E-state index in [2.05, 4.69) is 0 Å². The topological polar surface area (TPSA) is 112 Å². The molecule has 0 atom stereocenters. The molecule has 0 bridgehead atoms. The Morgan fingerprint density at radius 1 is 0.929 bits per heavy atom. The number of hydrazine groups is 1. The lowest BCUT2D eigenvalue weighted by atomic mass is 10.1. The van der Waals surface area contributed by atoms with Gasteiger partial charge in [-0.15, -0.1) is 0 Å². The number of benzene rings is 2. The summed E-state index contributed by atoms with van der Waals surface area (Å²) >= 11 is 0. The van der Waals surface area contributed by atoms with Gasteiger partial charge in [0, 0.05) is 19.4 Å². The van der Waals surface area contributed by atoms with Gasteiger partial charge in [0.15, 0.2) is 17.1 Å². The predicted octanol–water partition coefficient (Wildman–Crippen LogP) is 3.11. The summed E-state index contributed by atoms with van der Waals surface area (Å²) in [6.07, 6.45) is 0. The highest BCUT2D eigenvalue weighted by Gasteiger charge is 2.27. The third-order valence-electron chi connectivity index (χ3n) is 3.96. The maximum absolute atomic E-state index is 12.9. The molecule has 0 fully saturated rings. The van der Waals surface area contributed by atoms with Gasteiger partial charge in [-0.2, -0.15) is 0 Å². The van der Waals surface area contributed by atoms with Crippen molar-refractivity contribution < 1.29 is 28.3 Å². The molecular weight excluding hydrogens is 364 g/mol. The van der Waals surface area contributed by atoms with Crippen LogP contribution in [0.15, 0.2) is 46.9 Å². The molecule has 8 nitrogen and oxygen atoms in total. The highest BCUT2D eigenvalue weighted by molar-refractivity contribution is 6.09. The molecule has 28 heavy (non-hydrogen) atoms. The third-order valence-corrected chi connectivity index (χ3v) is 3.96. The van der Waals surface area contributed by atoms with Crippen LogP contribution < -0.4 is 20.3 Å². The van der Waals surface area contributed by atoms with E-state index in [1.54, 1.807) is 37.3 Å². The van der Waals surface area contributed by atoms with Crippen molar-refractivity contribution in [3.8, 4) is 11.5 Å². The van der Waals surface area contributed by atoms with Crippen molar-refractivity contribution in [2.45, 2.75) is 20.8 Å². The fourth-order valence-electron chi connectivity index (χ4n) is 2.79. The van der Waals surface area contributed by atoms with Gasteiger partial charge in [-0.3, -0.25) is 14.4 Å². The molecule has 0 aliphatic carbocycles. The zero-order valence-corrected chi connectivity index (χ0v) is 15.5. The number of hydrogen-bond acceptors (Lipinski definition) is 7. The summed E-state index contributed by atoms with van der Waals surface area (Å²) in [4.78, 5) is 35.7. The number of nitrogens with two attached hydrogens (primary N) is 1. The zero-order valence-electron chi connectivity index (χ0n) is 15.5. The number of carbonyl (C=O) groups is 3. The number of rotatable bonds is 4. The molecule has 1 heterocycles. The fourth-order valence-corrected chi connectivity index (χ4v) is 2.79. The van der Waals surface area contributed by atoms with Gasteiger partial charge < -0.3 is 13.9 Å². The average Bonchev–Trinajstić information content (AvgIpc) is 3.00. The maximum Gasteiger partial charge on any atom is 0.308 e. The highest BCUT2D eigenvalue weighted by Crippen LogP contribution is 2.39. The molecule has 0 aliphatic heterocycles. The van der Waals surface area contributed by atoms with Crippen molar-refractivity contribution >= 4 is 34.5 Å². The summed E-state index contributed by atoms with van der Waals surface area (Å²) in [5, 5.41) is 1.29. The first-order valence-electron chi connectivity index (χ1n) is 8.36. The second-order valence-electron chi connectivity index (χ2n) is 6.02. The summed E-state index contributed by atoms with van der Waals surface area (Å²) in [6.45, 7) is 4.12. The van der Waals surface area contributed by atoms with Crippen molar-refractivity contribution in [3.05, 3.63) is 53.8 Å². The van der Waals surface area contributed by atoms with Crippen molar-refractivity contribution in [2.75, 3.05) is 5.01 Å². The third kappa shape index (κ3) is 3.58. The minimum Gasteiger partial charge on any atom is -0.446 e. The minimum atomic E-state index is -0.609. The normalized spacial score (nSPS) is 10.6. The molecule has 2 N–H and O–H groups in total. The second kappa shape index (κ2) is 7.53. The number of esters is 2. The molecular formula is C20H18N2O6. The first-order valence-corrected chi connectivity index (χ1v) is 8.36. The standard InChI is InChI=1S/C20H18N2O6/c1-11-17-15(26-12(2)23)9-10-16(27-13(3)24)19(17)28-18(11)20(25)22(21)14-7-5-4-6-8-14/h4-10H,21H2,1-3H3. The monoisotopic (exact) mass is 382 g/mol. The van der Waals surface area contributed by atoms with Crippen LogP contribution in [0, 0.1) is 6.92 Å². The number of aryl methyl sites for hydroxylation is 1. The van der Waals surface area contributed by atoms with E-state index in [1.807, 2.05) is 0 Å². The molecule has 144 valence electrons. The molecule has 0 radical (unpaired) electrons. The molecule has 0 unspecified atom stereocenters. The van der Waals surface area contributed by atoms with E-state index in [9.17, 15) is 14.4 Å². The molecule has 2 aromatic carbocycles. The van der Waals surface area contributed by atoms with E-state index in [0.29, 0.717) is 16.6 Å². The number of nitrogens with zero attached hydrogens (tertiary/aromatic N) is 1. The van der Waals surface area contributed by atoms with Crippen LogP contribution >= 0.6 is 0 Å². The van der Waals surface area contributed by atoms with Crippen LogP contribution in [-0.2, 0) is 9.59 Å². The lowest BCUT2D eigenvalue weighted by molar-refractivity contribution is -0.133. The Labute approximate surface area is 160 Å². The predicted molar refractivity (Wildman–Crippen MR) is 101 cm³/mol. The van der Waals surface area contributed by atoms with Gasteiger partial charge in [0.05, 0.1) is 11.1 Å². The van der Waals surface area contributed by atoms with Crippen LogP contribution in [0.3, 0.4) is 0 Å². The van der Waals surface area contributed by atoms with Crippen molar-refractivity contribution in [3.63, 3.8) is 0 Å². The Morgan fingerprint density at radius 3 is 2.11 bits per heavy atom. The molecule has 0 spiro atoms. The van der Waals surface area contributed by atoms with Crippen LogP contribution in [0.4, 0.5) is 5.69 Å². The van der Waals surface area contributed by atoms with E-state index in [4.69, 9.17) is 19.7 Å². The Morgan fingerprint density at radius 2 is 1.50 bits per heavy atom. The van der Waals surface area contributed by atoms with Crippen LogP contribution in [0.1, 0.15) is 30.0 Å². The van der Waals surface area contributed by atoms with Gasteiger partial charge in [0.2, 0.25) is 0 Å². The van der Waals surface area contributed by atoms with E-state index < -0.39 is 17.8 Å². The summed E-state index contributed by atoms with van der Waals surface area (Å²) in [5.41, 5.74) is 0.973. The maximum atomic E-state index is 12.9. The average molecular weight is 382 g/mol. The molecule has 0 aliphatic rings. The zero-order chi connectivity index (χ0) is 20.4. The van der Waals surface area contributed by atoms with Crippen molar-refractivity contribution in [2.24, 2.45) is 5.84 Å². The first kappa shape index (κ1) is 19.1. The van der Waals surface area contributed by atoms with Crippen LogP contribution in [-0.4, -0.2) is 17.8 Å². The SMILES string of the molecule is CC(=O)Oc1ccc(OC(C)=O)c2c(C)c(C(=O)N(N)c3ccccc3)oc12. The summed E-state index contributed by atoms with van der Waals surface area (Å²) in [7, 11) is 0. The van der Waals surface area contributed by atoms with Gasteiger partial charge in [0.25, 0.3) is 0 Å². The van der Waals surface area contributed by atoms with Gasteiger partial charge >= 0.3 is 17.8 Å². The number of para-hydroxylation sites is 1. The number of ether oxygens (including phenoxy) is 2. The van der Waals surface area contributed by atoms with Crippen molar-refractivity contribution in [1.82, 2.24) is 0 Å². The molecule has 1 amide bonds. The van der Waals surface area contributed by atoms with E-state index in [1.165, 1.54) is 26.0 Å². The van der Waals surface area contributed by atoms with Gasteiger partial charge in [-0.05, 0) is 31.2 Å². The number of carbonyl (C=O) groups excluding carboxylic acids is 3. The van der Waals surface area contributed by atoms with Crippen LogP contribution in [0.2, 0.25) is 0 Å². The Kier molecular flexibility index (Phi) is 5.14. The smallest absolute Gasteiger partial charge is 0.308 e. The largest absolute Gasteiger partial charge is 0.446 e. The summed E-state index contributed by atoms with van der Waals surface area (Å²) in [5.74, 6) is 4.46. The van der Waals surface area contributed by atoms with E-state index in [-0.39, 0.29) is 22.8 Å². The minimum absolute atomic E-state index is 0.0608. The van der Waals surface area contributed by atoms with Gasteiger partial charge in [-0.25, -0.2) is 10.9 Å². The van der Waals surface area contributed by atoms with Gasteiger partial charge in [0.1, 0.15) is 5.75 Å². The van der Waals surface area contributed by atoms with E-state index in [0.717, 1.165) is 5.01 Å². The molecule has 3 aromatic rings. The van der Waals surface area contributed by atoms with E-state index >= 15 is 0 Å². The fraction of sp³-hybridized carbons (Fsp3) is 0.150. The Hall–Kier alpha value is -3.65.